The average Bonchev–Trinajstić information content (AvgIpc) is 2.89. The van der Waals surface area contributed by atoms with E-state index >= 15 is 0 Å². The maximum Gasteiger partial charge on any atom is 0.264 e. The Bertz CT molecular complexity index is 1340. The van der Waals surface area contributed by atoms with Crippen molar-refractivity contribution in [3.8, 4) is 11.5 Å². The highest BCUT2D eigenvalue weighted by Gasteiger charge is 2.28. The lowest BCUT2D eigenvalue weighted by Crippen LogP contribution is -2.40. The van der Waals surface area contributed by atoms with Gasteiger partial charge in [0.1, 0.15) is 6.54 Å². The Balaban J connectivity index is 1.81. The van der Waals surface area contributed by atoms with Gasteiger partial charge in [0.05, 0.1) is 30.0 Å². The lowest BCUT2D eigenvalue weighted by atomic mass is 10.1. The molecule has 0 spiro atoms. The number of nitrogens with zero attached hydrogens (tertiary/aromatic N) is 2. The van der Waals surface area contributed by atoms with Gasteiger partial charge in [-0.3, -0.25) is 9.10 Å². The lowest BCUT2D eigenvalue weighted by Gasteiger charge is -2.26. The summed E-state index contributed by atoms with van der Waals surface area (Å²) >= 11 is 0. The normalized spacial score (nSPS) is 11.4. The van der Waals surface area contributed by atoms with Crippen molar-refractivity contribution in [2.24, 2.45) is 5.10 Å². The van der Waals surface area contributed by atoms with E-state index in [4.69, 9.17) is 9.47 Å². The molecule has 1 amide bonds. The summed E-state index contributed by atoms with van der Waals surface area (Å²) < 4.78 is 39.5. The van der Waals surface area contributed by atoms with Gasteiger partial charge in [-0.1, -0.05) is 37.3 Å². The molecule has 37 heavy (non-hydrogen) atoms. The van der Waals surface area contributed by atoms with Crippen LogP contribution in [0.3, 0.4) is 0 Å². The van der Waals surface area contributed by atoms with Crippen molar-refractivity contribution < 1.29 is 22.7 Å². The van der Waals surface area contributed by atoms with Crippen LogP contribution in [0.4, 0.5) is 5.69 Å². The van der Waals surface area contributed by atoms with Crippen LogP contribution in [0.2, 0.25) is 0 Å². The van der Waals surface area contributed by atoms with Crippen molar-refractivity contribution >= 4 is 27.8 Å². The number of amides is 1. The first-order valence-electron chi connectivity index (χ1n) is 12.1. The summed E-state index contributed by atoms with van der Waals surface area (Å²) in [4.78, 5) is 13.0. The molecule has 0 fully saturated rings. The maximum absolute atomic E-state index is 13.5. The topological polar surface area (TPSA) is 97.3 Å². The van der Waals surface area contributed by atoms with Crippen LogP contribution < -0.4 is 19.2 Å². The summed E-state index contributed by atoms with van der Waals surface area (Å²) in [5.74, 6) is 0.644. The van der Waals surface area contributed by atoms with Gasteiger partial charge in [-0.15, -0.1) is 0 Å². The van der Waals surface area contributed by atoms with Crippen molar-refractivity contribution in [1.82, 2.24) is 5.43 Å². The van der Waals surface area contributed by atoms with Crippen LogP contribution in [0.5, 0.6) is 11.5 Å². The number of ether oxygens (including phenoxy) is 2. The molecule has 0 radical (unpaired) electrons. The lowest BCUT2D eigenvalue weighted by molar-refractivity contribution is -0.119. The number of rotatable bonds is 12. The molecule has 1 N–H and O–H groups in total. The van der Waals surface area contributed by atoms with Crippen LogP contribution in [-0.2, 0) is 14.8 Å². The standard InChI is InChI=1S/C28H33N3O5S/c1-5-17-36-26-16-15-23(18-27(26)35-6-2)19-29-30-28(32)20-31(25-14-10-11-21(3)22(25)4)37(33,34)24-12-8-7-9-13-24/h7-16,18-19H,5-6,17,20H2,1-4H3,(H,30,32)/b29-19+. The minimum Gasteiger partial charge on any atom is -0.490 e. The Labute approximate surface area is 219 Å². The number of hydrogen-bond acceptors (Lipinski definition) is 6. The number of carbonyl (C=O) groups is 1. The molecule has 9 heteroatoms. The average molecular weight is 524 g/mol. The van der Waals surface area contributed by atoms with Crippen LogP contribution in [-0.4, -0.2) is 40.3 Å². The van der Waals surface area contributed by atoms with Gasteiger partial charge in [0, 0.05) is 0 Å². The van der Waals surface area contributed by atoms with Crippen LogP contribution in [0, 0.1) is 13.8 Å². The van der Waals surface area contributed by atoms with Crippen molar-refractivity contribution in [3.63, 3.8) is 0 Å². The van der Waals surface area contributed by atoms with Crippen LogP contribution in [0.15, 0.2) is 76.7 Å². The molecule has 0 aromatic heterocycles. The van der Waals surface area contributed by atoms with Crippen LogP contribution >= 0.6 is 0 Å². The molecule has 0 aliphatic heterocycles. The summed E-state index contributed by atoms with van der Waals surface area (Å²) in [6.45, 7) is 8.25. The number of sulfonamides is 1. The van der Waals surface area contributed by atoms with Gasteiger partial charge in [0.2, 0.25) is 0 Å². The molecule has 0 bridgehead atoms. The van der Waals surface area contributed by atoms with E-state index in [1.807, 2.05) is 33.8 Å². The number of hydrogen-bond donors (Lipinski definition) is 1. The van der Waals surface area contributed by atoms with E-state index in [0.29, 0.717) is 36.0 Å². The summed E-state index contributed by atoms with van der Waals surface area (Å²) in [6, 6.07) is 18.8. The third-order valence-corrected chi connectivity index (χ3v) is 7.37. The molecule has 0 unspecified atom stereocenters. The zero-order valence-corrected chi connectivity index (χ0v) is 22.4. The molecule has 0 atom stereocenters. The zero-order valence-electron chi connectivity index (χ0n) is 21.6. The molecule has 0 heterocycles. The number of anilines is 1. The molecule has 0 aliphatic rings. The SMILES string of the molecule is CCCOc1ccc(/C=N/NC(=O)CN(c2cccc(C)c2C)S(=O)(=O)c2ccccc2)cc1OCC. The first-order valence-corrected chi connectivity index (χ1v) is 13.6. The van der Waals surface area contributed by atoms with E-state index in [-0.39, 0.29) is 4.90 Å². The second-order valence-electron chi connectivity index (χ2n) is 8.32. The van der Waals surface area contributed by atoms with E-state index in [1.165, 1.54) is 18.3 Å². The number of nitrogens with one attached hydrogen (secondary N) is 1. The van der Waals surface area contributed by atoms with Gasteiger partial charge in [0.25, 0.3) is 15.9 Å². The molecular formula is C28H33N3O5S. The first kappa shape index (κ1) is 27.7. The molecule has 3 aromatic carbocycles. The van der Waals surface area contributed by atoms with Gasteiger partial charge < -0.3 is 9.47 Å². The summed E-state index contributed by atoms with van der Waals surface area (Å²) in [5.41, 5.74) is 5.26. The highest BCUT2D eigenvalue weighted by molar-refractivity contribution is 7.92. The fourth-order valence-electron chi connectivity index (χ4n) is 3.57. The maximum atomic E-state index is 13.5. The van der Waals surface area contributed by atoms with E-state index in [2.05, 4.69) is 10.5 Å². The first-order chi connectivity index (χ1) is 17.8. The minimum atomic E-state index is -4.00. The molecule has 0 saturated carbocycles. The van der Waals surface area contributed by atoms with Crippen molar-refractivity contribution in [3.05, 3.63) is 83.4 Å². The van der Waals surface area contributed by atoms with E-state index in [1.54, 1.807) is 48.5 Å². The fourth-order valence-corrected chi connectivity index (χ4v) is 5.07. The monoisotopic (exact) mass is 523 g/mol. The number of aryl methyl sites for hydroxylation is 1. The molecule has 8 nitrogen and oxygen atoms in total. The highest BCUT2D eigenvalue weighted by Crippen LogP contribution is 2.29. The Kier molecular flexibility index (Phi) is 9.68. The molecule has 196 valence electrons. The predicted octanol–water partition coefficient (Wildman–Crippen LogP) is 4.84. The summed E-state index contributed by atoms with van der Waals surface area (Å²) in [5, 5.41) is 4.03. The number of carbonyl (C=O) groups excluding carboxylic acids is 1. The summed E-state index contributed by atoms with van der Waals surface area (Å²) in [6.07, 6.45) is 2.35. The van der Waals surface area contributed by atoms with Gasteiger partial charge in [0.15, 0.2) is 11.5 Å². The molecule has 0 aliphatic carbocycles. The van der Waals surface area contributed by atoms with E-state index in [9.17, 15) is 13.2 Å². The third-order valence-electron chi connectivity index (χ3n) is 5.60. The molecule has 3 aromatic rings. The minimum absolute atomic E-state index is 0.0982. The molecule has 0 saturated heterocycles. The zero-order chi connectivity index (χ0) is 26.8. The largest absolute Gasteiger partial charge is 0.490 e. The smallest absolute Gasteiger partial charge is 0.264 e. The van der Waals surface area contributed by atoms with Gasteiger partial charge in [-0.2, -0.15) is 5.10 Å². The Hall–Kier alpha value is -3.85. The van der Waals surface area contributed by atoms with Crippen LogP contribution in [0.1, 0.15) is 37.0 Å². The quantitative estimate of drug-likeness (QED) is 0.271. The van der Waals surface area contributed by atoms with Crippen LogP contribution in [0.25, 0.3) is 0 Å². The van der Waals surface area contributed by atoms with Gasteiger partial charge >= 0.3 is 0 Å². The fraction of sp³-hybridized carbons (Fsp3) is 0.286. The third kappa shape index (κ3) is 7.10. The van der Waals surface area contributed by atoms with Gasteiger partial charge in [-0.25, -0.2) is 13.8 Å². The highest BCUT2D eigenvalue weighted by atomic mass is 32.2. The summed E-state index contributed by atoms with van der Waals surface area (Å²) in [7, 11) is -4.00. The van der Waals surface area contributed by atoms with Crippen molar-refractivity contribution in [2.45, 2.75) is 39.0 Å². The second-order valence-corrected chi connectivity index (χ2v) is 10.2. The number of benzene rings is 3. The second kappa shape index (κ2) is 12.9. The van der Waals surface area contributed by atoms with E-state index in [0.717, 1.165) is 21.9 Å². The Morgan fingerprint density at radius 2 is 1.73 bits per heavy atom. The molecular weight excluding hydrogens is 490 g/mol. The Morgan fingerprint density at radius 3 is 2.43 bits per heavy atom. The van der Waals surface area contributed by atoms with Crippen molar-refractivity contribution in [1.29, 1.82) is 0 Å². The molecule has 3 rings (SSSR count). The Morgan fingerprint density at radius 1 is 0.973 bits per heavy atom. The number of hydrazone groups is 1. The van der Waals surface area contributed by atoms with E-state index < -0.39 is 22.5 Å². The van der Waals surface area contributed by atoms with Crippen molar-refractivity contribution in [2.75, 3.05) is 24.1 Å². The van der Waals surface area contributed by atoms with Gasteiger partial charge in [-0.05, 0) is 80.3 Å². The predicted molar refractivity (Wildman–Crippen MR) is 146 cm³/mol.